The highest BCUT2D eigenvalue weighted by molar-refractivity contribution is 9.10. The number of piperazine rings is 1. The molecule has 1 aliphatic rings. The van der Waals surface area contributed by atoms with Gasteiger partial charge in [0.1, 0.15) is 18.2 Å². The quantitative estimate of drug-likeness (QED) is 0.230. The van der Waals surface area contributed by atoms with Crippen LogP contribution >= 0.6 is 27.5 Å². The normalized spacial score (nSPS) is 13.7. The lowest BCUT2D eigenvalue weighted by molar-refractivity contribution is -0.126. The van der Waals surface area contributed by atoms with Crippen molar-refractivity contribution in [2.45, 2.75) is 13.5 Å². The van der Waals surface area contributed by atoms with Gasteiger partial charge in [0.05, 0.1) is 6.61 Å². The van der Waals surface area contributed by atoms with Gasteiger partial charge in [0.25, 0.3) is 5.91 Å². The van der Waals surface area contributed by atoms with Gasteiger partial charge in [0, 0.05) is 41.4 Å². The molecule has 0 unspecified atom stereocenters. The van der Waals surface area contributed by atoms with Crippen LogP contribution in [0.1, 0.15) is 18.1 Å². The van der Waals surface area contributed by atoms with Crippen LogP contribution in [0.3, 0.4) is 0 Å². The van der Waals surface area contributed by atoms with Crippen LogP contribution in [0.5, 0.6) is 11.5 Å². The molecule has 1 aliphatic heterocycles. The molecular formula is C29H27BrClN3O3. The second kappa shape index (κ2) is 12.7. The van der Waals surface area contributed by atoms with Crippen molar-refractivity contribution in [3.63, 3.8) is 0 Å². The number of nitriles is 1. The van der Waals surface area contributed by atoms with Crippen molar-refractivity contribution in [3.8, 4) is 17.6 Å². The van der Waals surface area contributed by atoms with E-state index in [0.29, 0.717) is 66.0 Å². The van der Waals surface area contributed by atoms with Crippen molar-refractivity contribution in [2.75, 3.05) is 37.7 Å². The molecule has 1 saturated heterocycles. The Labute approximate surface area is 230 Å². The van der Waals surface area contributed by atoms with E-state index >= 15 is 0 Å². The van der Waals surface area contributed by atoms with Crippen molar-refractivity contribution < 1.29 is 14.3 Å². The SMILES string of the molecule is CCOc1cc(/C=C(/C#N)C(=O)N2CCN(c3ccccc3)CC2)c(Br)cc1OCc1ccc(Cl)cc1. The van der Waals surface area contributed by atoms with Crippen LogP contribution in [0.2, 0.25) is 5.02 Å². The molecule has 4 rings (SSSR count). The Hall–Kier alpha value is -3.47. The summed E-state index contributed by atoms with van der Waals surface area (Å²) < 4.78 is 12.5. The smallest absolute Gasteiger partial charge is 0.264 e. The molecule has 190 valence electrons. The molecule has 1 heterocycles. The van der Waals surface area contributed by atoms with Gasteiger partial charge in [-0.1, -0.05) is 57.9 Å². The summed E-state index contributed by atoms with van der Waals surface area (Å²) in [6.45, 7) is 5.21. The van der Waals surface area contributed by atoms with Gasteiger partial charge in [-0.3, -0.25) is 4.79 Å². The molecular weight excluding hydrogens is 554 g/mol. The van der Waals surface area contributed by atoms with Gasteiger partial charge in [0.2, 0.25) is 0 Å². The maximum Gasteiger partial charge on any atom is 0.264 e. The monoisotopic (exact) mass is 579 g/mol. The number of rotatable bonds is 8. The molecule has 0 radical (unpaired) electrons. The molecule has 3 aromatic rings. The predicted molar refractivity (Wildman–Crippen MR) is 150 cm³/mol. The Morgan fingerprint density at radius 2 is 1.70 bits per heavy atom. The average Bonchev–Trinajstić information content (AvgIpc) is 2.93. The number of amides is 1. The zero-order valence-electron chi connectivity index (χ0n) is 20.5. The minimum absolute atomic E-state index is 0.0751. The summed E-state index contributed by atoms with van der Waals surface area (Å²) in [4.78, 5) is 17.2. The van der Waals surface area contributed by atoms with E-state index < -0.39 is 0 Å². The molecule has 1 amide bonds. The summed E-state index contributed by atoms with van der Waals surface area (Å²) in [6, 6.07) is 23.2. The number of nitrogens with zero attached hydrogens (tertiary/aromatic N) is 3. The topological polar surface area (TPSA) is 65.8 Å². The summed E-state index contributed by atoms with van der Waals surface area (Å²) in [6.07, 6.45) is 1.60. The van der Waals surface area contributed by atoms with Crippen molar-refractivity contribution in [3.05, 3.63) is 92.9 Å². The zero-order chi connectivity index (χ0) is 26.2. The minimum Gasteiger partial charge on any atom is -0.490 e. The van der Waals surface area contributed by atoms with Crippen LogP contribution in [0.15, 0.2) is 76.8 Å². The lowest BCUT2D eigenvalue weighted by Crippen LogP contribution is -2.49. The number of hydrogen-bond acceptors (Lipinski definition) is 5. The molecule has 0 spiro atoms. The van der Waals surface area contributed by atoms with Gasteiger partial charge in [-0.25, -0.2) is 0 Å². The Morgan fingerprint density at radius 1 is 1.03 bits per heavy atom. The molecule has 0 aromatic heterocycles. The third-order valence-electron chi connectivity index (χ3n) is 6.01. The largest absolute Gasteiger partial charge is 0.490 e. The van der Waals surface area contributed by atoms with E-state index in [-0.39, 0.29) is 11.5 Å². The summed E-state index contributed by atoms with van der Waals surface area (Å²) in [5.74, 6) is 0.818. The van der Waals surface area contributed by atoms with Crippen molar-refractivity contribution >= 4 is 45.2 Å². The Morgan fingerprint density at radius 3 is 2.35 bits per heavy atom. The number of halogens is 2. The molecule has 0 aliphatic carbocycles. The highest BCUT2D eigenvalue weighted by Crippen LogP contribution is 2.35. The highest BCUT2D eigenvalue weighted by Gasteiger charge is 2.24. The summed E-state index contributed by atoms with van der Waals surface area (Å²) in [5.41, 5.74) is 2.84. The highest BCUT2D eigenvalue weighted by atomic mass is 79.9. The standard InChI is InChI=1S/C29H27BrClN3O3/c1-2-36-27-17-22(26(30)18-28(27)37-20-21-8-10-24(31)11-9-21)16-23(19-32)29(35)34-14-12-33(13-15-34)25-6-4-3-5-7-25/h3-11,16-18H,2,12-15,20H2,1H3/b23-16-. The van der Waals surface area contributed by atoms with E-state index in [4.69, 9.17) is 21.1 Å². The number of carbonyl (C=O) groups is 1. The number of hydrogen-bond donors (Lipinski definition) is 0. The van der Waals surface area contributed by atoms with E-state index in [9.17, 15) is 10.1 Å². The molecule has 0 saturated carbocycles. The second-order valence-corrected chi connectivity index (χ2v) is 9.74. The van der Waals surface area contributed by atoms with E-state index in [2.05, 4.69) is 39.0 Å². The van der Waals surface area contributed by atoms with Gasteiger partial charge < -0.3 is 19.3 Å². The maximum atomic E-state index is 13.2. The first-order valence-electron chi connectivity index (χ1n) is 12.0. The van der Waals surface area contributed by atoms with Crippen LogP contribution in [-0.4, -0.2) is 43.6 Å². The third-order valence-corrected chi connectivity index (χ3v) is 6.95. The Bertz CT molecular complexity index is 1300. The van der Waals surface area contributed by atoms with Crippen LogP contribution in [0.25, 0.3) is 6.08 Å². The summed E-state index contributed by atoms with van der Waals surface area (Å²) in [7, 11) is 0. The maximum absolute atomic E-state index is 13.2. The predicted octanol–water partition coefficient (Wildman–Crippen LogP) is 6.34. The average molecular weight is 581 g/mol. The molecule has 0 N–H and O–H groups in total. The molecule has 0 bridgehead atoms. The third kappa shape index (κ3) is 6.85. The van der Waals surface area contributed by atoms with Gasteiger partial charge in [0.15, 0.2) is 11.5 Å². The van der Waals surface area contributed by atoms with Crippen LogP contribution in [-0.2, 0) is 11.4 Å². The van der Waals surface area contributed by atoms with Crippen LogP contribution < -0.4 is 14.4 Å². The number of benzene rings is 3. The number of anilines is 1. The fourth-order valence-corrected chi connectivity index (χ4v) is 4.62. The molecule has 1 fully saturated rings. The van der Waals surface area contributed by atoms with E-state index in [0.717, 1.165) is 11.3 Å². The fraction of sp³-hybridized carbons (Fsp3) is 0.241. The van der Waals surface area contributed by atoms with E-state index in [1.54, 1.807) is 23.1 Å². The van der Waals surface area contributed by atoms with E-state index in [1.807, 2.05) is 49.4 Å². The zero-order valence-corrected chi connectivity index (χ0v) is 22.8. The number of ether oxygens (including phenoxy) is 2. The molecule has 6 nitrogen and oxygen atoms in total. The first kappa shape index (κ1) is 26.6. The lowest BCUT2D eigenvalue weighted by atomic mass is 10.1. The summed E-state index contributed by atoms with van der Waals surface area (Å²) in [5, 5.41) is 10.5. The molecule has 0 atom stereocenters. The summed E-state index contributed by atoms with van der Waals surface area (Å²) >= 11 is 9.53. The Kier molecular flexibility index (Phi) is 9.10. The van der Waals surface area contributed by atoms with Gasteiger partial charge in [-0.2, -0.15) is 5.26 Å². The van der Waals surface area contributed by atoms with Crippen molar-refractivity contribution in [2.24, 2.45) is 0 Å². The molecule has 37 heavy (non-hydrogen) atoms. The fourth-order valence-electron chi connectivity index (χ4n) is 4.06. The van der Waals surface area contributed by atoms with Gasteiger partial charge >= 0.3 is 0 Å². The van der Waals surface area contributed by atoms with Crippen LogP contribution in [0.4, 0.5) is 5.69 Å². The van der Waals surface area contributed by atoms with Gasteiger partial charge in [-0.05, 0) is 60.5 Å². The minimum atomic E-state index is -0.275. The molecule has 8 heteroatoms. The molecule has 3 aromatic carbocycles. The first-order chi connectivity index (χ1) is 18.0. The second-order valence-electron chi connectivity index (χ2n) is 8.45. The van der Waals surface area contributed by atoms with Crippen LogP contribution in [0, 0.1) is 11.3 Å². The number of para-hydroxylation sites is 1. The number of carbonyl (C=O) groups excluding carboxylic acids is 1. The van der Waals surface area contributed by atoms with Gasteiger partial charge in [-0.15, -0.1) is 0 Å². The first-order valence-corrected chi connectivity index (χ1v) is 13.2. The van der Waals surface area contributed by atoms with Crippen molar-refractivity contribution in [1.29, 1.82) is 5.26 Å². The van der Waals surface area contributed by atoms with Crippen molar-refractivity contribution in [1.82, 2.24) is 4.90 Å². The Balaban J connectivity index is 1.48. The lowest BCUT2D eigenvalue weighted by Gasteiger charge is -2.36. The van der Waals surface area contributed by atoms with E-state index in [1.165, 1.54) is 0 Å².